The smallest absolute Gasteiger partial charge is 0.191 e. The Morgan fingerprint density at radius 1 is 1.12 bits per heavy atom. The number of benzene rings is 1. The summed E-state index contributed by atoms with van der Waals surface area (Å²) in [5.74, 6) is 2.30. The van der Waals surface area contributed by atoms with Crippen LogP contribution in [0.1, 0.15) is 37.7 Å². The van der Waals surface area contributed by atoms with Gasteiger partial charge in [-0.2, -0.15) is 0 Å². The number of guanidine groups is 1. The Balaban J connectivity index is 1.79. The van der Waals surface area contributed by atoms with Crippen LogP contribution in [0.5, 0.6) is 11.5 Å². The summed E-state index contributed by atoms with van der Waals surface area (Å²) in [6.07, 6.45) is 8.65. The van der Waals surface area contributed by atoms with E-state index in [1.54, 1.807) is 26.8 Å². The molecule has 2 rings (SSSR count). The van der Waals surface area contributed by atoms with Crippen LogP contribution in [-0.2, 0) is 6.54 Å². The Labute approximate surface area is 145 Å². The molecule has 2 N–H and O–H groups in total. The highest BCUT2D eigenvalue weighted by Crippen LogP contribution is 2.27. The lowest BCUT2D eigenvalue weighted by Gasteiger charge is -2.15. The molecule has 1 aliphatic carbocycles. The second kappa shape index (κ2) is 9.85. The zero-order valence-electron chi connectivity index (χ0n) is 15.0. The summed E-state index contributed by atoms with van der Waals surface area (Å²) in [5, 5.41) is 6.72. The normalized spacial score (nSPS) is 14.8. The van der Waals surface area contributed by atoms with Crippen LogP contribution in [0.15, 0.2) is 34.8 Å². The van der Waals surface area contributed by atoms with Crippen LogP contribution in [0.25, 0.3) is 0 Å². The summed E-state index contributed by atoms with van der Waals surface area (Å²) in [4.78, 5) is 4.28. The maximum absolute atomic E-state index is 5.34. The molecule has 0 unspecified atom stereocenters. The van der Waals surface area contributed by atoms with Crippen molar-refractivity contribution >= 4 is 5.96 Å². The Hall–Kier alpha value is -2.17. The second-order valence-corrected chi connectivity index (χ2v) is 5.90. The van der Waals surface area contributed by atoms with Gasteiger partial charge in [-0.05, 0) is 49.8 Å². The fourth-order valence-electron chi connectivity index (χ4n) is 2.87. The third-order valence-corrected chi connectivity index (χ3v) is 4.26. The first-order valence-corrected chi connectivity index (χ1v) is 8.60. The highest BCUT2D eigenvalue weighted by atomic mass is 16.5. The number of allylic oxidation sites excluding steroid dienone is 1. The minimum absolute atomic E-state index is 0.683. The molecule has 0 amide bonds. The first-order chi connectivity index (χ1) is 11.8. The lowest BCUT2D eigenvalue weighted by Crippen LogP contribution is -2.37. The van der Waals surface area contributed by atoms with Crippen molar-refractivity contribution in [2.24, 2.45) is 4.99 Å². The summed E-state index contributed by atoms with van der Waals surface area (Å²) in [6, 6.07) is 5.92. The summed E-state index contributed by atoms with van der Waals surface area (Å²) in [7, 11) is 5.09. The molecule has 0 spiro atoms. The van der Waals surface area contributed by atoms with Gasteiger partial charge in [0, 0.05) is 20.1 Å². The number of hydrogen-bond donors (Lipinski definition) is 2. The van der Waals surface area contributed by atoms with Gasteiger partial charge < -0.3 is 20.1 Å². The van der Waals surface area contributed by atoms with E-state index in [0.29, 0.717) is 6.54 Å². The third-order valence-electron chi connectivity index (χ3n) is 4.26. The molecule has 1 aliphatic rings. The molecular weight excluding hydrogens is 302 g/mol. The average Bonchev–Trinajstić information content (AvgIpc) is 2.65. The summed E-state index contributed by atoms with van der Waals surface area (Å²) in [5.41, 5.74) is 2.69. The van der Waals surface area contributed by atoms with E-state index in [4.69, 9.17) is 9.47 Å². The molecule has 0 fully saturated rings. The van der Waals surface area contributed by atoms with Gasteiger partial charge in [-0.3, -0.25) is 4.99 Å². The summed E-state index contributed by atoms with van der Waals surface area (Å²) in [6.45, 7) is 1.60. The van der Waals surface area contributed by atoms with Crippen molar-refractivity contribution < 1.29 is 9.47 Å². The average molecular weight is 331 g/mol. The molecule has 5 nitrogen and oxygen atoms in total. The van der Waals surface area contributed by atoms with Gasteiger partial charge in [0.2, 0.25) is 0 Å². The van der Waals surface area contributed by atoms with Crippen LogP contribution in [0.2, 0.25) is 0 Å². The number of methoxy groups -OCH3 is 2. The van der Waals surface area contributed by atoms with E-state index in [1.165, 1.54) is 25.7 Å². The third kappa shape index (κ3) is 5.48. The van der Waals surface area contributed by atoms with Crippen LogP contribution >= 0.6 is 0 Å². The first-order valence-electron chi connectivity index (χ1n) is 8.60. The molecular formula is C19H29N3O2. The van der Waals surface area contributed by atoms with Crippen LogP contribution in [0.3, 0.4) is 0 Å². The summed E-state index contributed by atoms with van der Waals surface area (Å²) < 4.78 is 10.6. The van der Waals surface area contributed by atoms with Crippen LogP contribution in [0, 0.1) is 0 Å². The van der Waals surface area contributed by atoms with Gasteiger partial charge in [-0.15, -0.1) is 0 Å². The molecule has 24 heavy (non-hydrogen) atoms. The molecule has 1 aromatic rings. The topological polar surface area (TPSA) is 54.9 Å². The lowest BCUT2D eigenvalue weighted by molar-refractivity contribution is 0.354. The fourth-order valence-corrected chi connectivity index (χ4v) is 2.87. The minimum Gasteiger partial charge on any atom is -0.493 e. The quantitative estimate of drug-likeness (QED) is 0.457. The molecule has 1 aromatic carbocycles. The highest BCUT2D eigenvalue weighted by molar-refractivity contribution is 5.79. The van der Waals surface area contributed by atoms with E-state index in [0.717, 1.165) is 36.0 Å². The number of ether oxygens (including phenoxy) is 2. The first kappa shape index (κ1) is 18.2. The molecule has 0 atom stereocenters. The molecule has 0 aliphatic heterocycles. The van der Waals surface area contributed by atoms with Gasteiger partial charge in [0.05, 0.1) is 14.2 Å². The maximum atomic E-state index is 5.34. The number of hydrogen-bond acceptors (Lipinski definition) is 3. The van der Waals surface area contributed by atoms with Crippen LogP contribution in [-0.4, -0.2) is 33.8 Å². The SMILES string of the molecule is CN=C(NCCC1=CCCCC1)NCc1ccc(OC)c(OC)c1. The van der Waals surface area contributed by atoms with E-state index < -0.39 is 0 Å². The highest BCUT2D eigenvalue weighted by Gasteiger charge is 2.06. The molecule has 132 valence electrons. The van der Waals surface area contributed by atoms with Gasteiger partial charge in [0.25, 0.3) is 0 Å². The molecule has 0 saturated carbocycles. The minimum atomic E-state index is 0.683. The van der Waals surface area contributed by atoms with Gasteiger partial charge in [0.15, 0.2) is 17.5 Å². The van der Waals surface area contributed by atoms with Crippen molar-refractivity contribution in [2.45, 2.75) is 38.6 Å². The van der Waals surface area contributed by atoms with E-state index in [2.05, 4.69) is 21.7 Å². The van der Waals surface area contributed by atoms with Gasteiger partial charge in [-0.1, -0.05) is 17.7 Å². The van der Waals surface area contributed by atoms with Gasteiger partial charge >= 0.3 is 0 Å². The second-order valence-electron chi connectivity index (χ2n) is 5.90. The van der Waals surface area contributed by atoms with Crippen molar-refractivity contribution in [3.63, 3.8) is 0 Å². The van der Waals surface area contributed by atoms with Gasteiger partial charge in [-0.25, -0.2) is 0 Å². The Morgan fingerprint density at radius 3 is 2.62 bits per heavy atom. The number of rotatable bonds is 7. The van der Waals surface area contributed by atoms with E-state index in [9.17, 15) is 0 Å². The fraction of sp³-hybridized carbons (Fsp3) is 0.526. The summed E-state index contributed by atoms with van der Waals surface area (Å²) >= 11 is 0. The Kier molecular flexibility index (Phi) is 7.46. The van der Waals surface area contributed by atoms with E-state index in [-0.39, 0.29) is 0 Å². The number of aliphatic imine (C=N–C) groups is 1. The largest absolute Gasteiger partial charge is 0.493 e. The van der Waals surface area contributed by atoms with Crippen molar-refractivity contribution in [2.75, 3.05) is 27.8 Å². The molecule has 0 saturated heterocycles. The van der Waals surface area contributed by atoms with Crippen LogP contribution < -0.4 is 20.1 Å². The predicted molar refractivity (Wildman–Crippen MR) is 98.9 cm³/mol. The molecule has 5 heteroatoms. The monoisotopic (exact) mass is 331 g/mol. The molecule has 0 bridgehead atoms. The number of nitrogens with one attached hydrogen (secondary N) is 2. The Morgan fingerprint density at radius 2 is 1.96 bits per heavy atom. The molecule has 0 heterocycles. The predicted octanol–water partition coefficient (Wildman–Crippen LogP) is 3.26. The molecule has 0 radical (unpaired) electrons. The van der Waals surface area contributed by atoms with E-state index in [1.807, 2.05) is 18.2 Å². The van der Waals surface area contributed by atoms with Crippen molar-refractivity contribution in [3.05, 3.63) is 35.4 Å². The maximum Gasteiger partial charge on any atom is 0.191 e. The number of nitrogens with zero attached hydrogens (tertiary/aromatic N) is 1. The van der Waals surface area contributed by atoms with E-state index >= 15 is 0 Å². The zero-order chi connectivity index (χ0) is 17.2. The van der Waals surface area contributed by atoms with Crippen molar-refractivity contribution in [3.8, 4) is 11.5 Å². The standard InChI is InChI=1S/C19H29N3O2/c1-20-19(21-12-11-15-7-5-4-6-8-15)22-14-16-9-10-17(23-2)18(13-16)24-3/h7,9-10,13H,4-6,8,11-12,14H2,1-3H3,(H2,20,21,22). The Bertz CT molecular complexity index is 582. The van der Waals surface area contributed by atoms with Crippen molar-refractivity contribution in [1.29, 1.82) is 0 Å². The van der Waals surface area contributed by atoms with Gasteiger partial charge in [0.1, 0.15) is 0 Å². The molecule has 0 aromatic heterocycles. The van der Waals surface area contributed by atoms with Crippen molar-refractivity contribution in [1.82, 2.24) is 10.6 Å². The van der Waals surface area contributed by atoms with Crippen LogP contribution in [0.4, 0.5) is 0 Å². The zero-order valence-corrected chi connectivity index (χ0v) is 15.0. The lowest BCUT2D eigenvalue weighted by atomic mass is 9.97.